The van der Waals surface area contributed by atoms with Gasteiger partial charge in [-0.3, -0.25) is 14.6 Å². The molecule has 1 amide bonds. The third-order valence-corrected chi connectivity index (χ3v) is 5.69. The average Bonchev–Trinajstić information content (AvgIpc) is 3.31. The normalized spacial score (nSPS) is 15.8. The SMILES string of the molecule is CC(C)c1noc(N2CCN(C(C)CCOc3ccc(C(=O)N(CO)CO)cc3)CC2)n1. The van der Waals surface area contributed by atoms with Gasteiger partial charge in [-0.15, -0.1) is 0 Å². The van der Waals surface area contributed by atoms with E-state index in [2.05, 4.69) is 26.9 Å². The Hall–Kier alpha value is -2.69. The first-order valence-electron chi connectivity index (χ1n) is 11.0. The Morgan fingerprint density at radius 3 is 2.34 bits per heavy atom. The summed E-state index contributed by atoms with van der Waals surface area (Å²) in [6.07, 6.45) is 0.877. The maximum Gasteiger partial charge on any atom is 0.324 e. The summed E-state index contributed by atoms with van der Waals surface area (Å²) in [5.41, 5.74) is 0.383. The van der Waals surface area contributed by atoms with Crippen LogP contribution in [0.4, 0.5) is 6.01 Å². The summed E-state index contributed by atoms with van der Waals surface area (Å²) in [6, 6.07) is 7.67. The minimum Gasteiger partial charge on any atom is -0.494 e. The molecule has 10 nitrogen and oxygen atoms in total. The summed E-state index contributed by atoms with van der Waals surface area (Å²) in [6.45, 7) is 9.32. The highest BCUT2D eigenvalue weighted by molar-refractivity contribution is 5.94. The van der Waals surface area contributed by atoms with E-state index in [9.17, 15) is 4.79 Å². The Kier molecular flexibility index (Phi) is 8.43. The molecule has 1 fully saturated rings. The first kappa shape index (κ1) is 24.0. The quantitative estimate of drug-likeness (QED) is 0.523. The van der Waals surface area contributed by atoms with Gasteiger partial charge in [0.05, 0.1) is 6.61 Å². The number of aliphatic hydroxyl groups excluding tert-OH is 2. The molecule has 32 heavy (non-hydrogen) atoms. The summed E-state index contributed by atoms with van der Waals surface area (Å²) >= 11 is 0. The number of amides is 1. The Morgan fingerprint density at radius 2 is 1.78 bits per heavy atom. The van der Waals surface area contributed by atoms with E-state index in [1.54, 1.807) is 24.3 Å². The number of anilines is 1. The van der Waals surface area contributed by atoms with Crippen molar-refractivity contribution in [2.24, 2.45) is 0 Å². The standard InChI is InChI=1S/C22H33N5O5/c1-16(2)20-23-22(32-24-20)26-11-9-25(10-12-26)17(3)8-13-31-19-6-4-18(5-7-19)21(30)27(14-28)15-29/h4-7,16-17,28-29H,8-15H2,1-3H3. The Morgan fingerprint density at radius 1 is 1.12 bits per heavy atom. The Balaban J connectivity index is 1.40. The lowest BCUT2D eigenvalue weighted by Gasteiger charge is -2.37. The molecular formula is C22H33N5O5. The molecule has 176 valence electrons. The largest absolute Gasteiger partial charge is 0.494 e. The van der Waals surface area contributed by atoms with Crippen LogP contribution in [0.5, 0.6) is 5.75 Å². The molecule has 2 N–H and O–H groups in total. The van der Waals surface area contributed by atoms with E-state index >= 15 is 0 Å². The van der Waals surface area contributed by atoms with Crippen molar-refractivity contribution in [3.05, 3.63) is 35.7 Å². The van der Waals surface area contributed by atoms with E-state index in [0.29, 0.717) is 30.0 Å². The molecule has 2 aromatic rings. The highest BCUT2D eigenvalue weighted by atomic mass is 16.5. The molecule has 0 bridgehead atoms. The number of piperazine rings is 1. The van der Waals surface area contributed by atoms with Gasteiger partial charge in [0, 0.05) is 43.7 Å². The number of carbonyl (C=O) groups is 1. The third kappa shape index (κ3) is 5.96. The van der Waals surface area contributed by atoms with E-state index in [1.807, 2.05) is 13.8 Å². The number of aromatic nitrogens is 2. The van der Waals surface area contributed by atoms with E-state index in [4.69, 9.17) is 19.5 Å². The molecule has 0 spiro atoms. The van der Waals surface area contributed by atoms with Gasteiger partial charge in [-0.05, 0) is 37.6 Å². The maximum absolute atomic E-state index is 12.1. The Bertz CT molecular complexity index is 845. The van der Waals surface area contributed by atoms with Gasteiger partial charge in [0.1, 0.15) is 19.2 Å². The Labute approximate surface area is 188 Å². The molecule has 1 aromatic heterocycles. The number of hydrogen-bond acceptors (Lipinski definition) is 9. The predicted molar refractivity (Wildman–Crippen MR) is 119 cm³/mol. The van der Waals surface area contributed by atoms with E-state index < -0.39 is 19.4 Å². The third-order valence-electron chi connectivity index (χ3n) is 5.69. The van der Waals surface area contributed by atoms with Gasteiger partial charge in [-0.2, -0.15) is 4.98 Å². The van der Waals surface area contributed by atoms with Crippen LogP contribution in [0.3, 0.4) is 0 Å². The van der Waals surface area contributed by atoms with Gasteiger partial charge in [0.2, 0.25) is 0 Å². The first-order chi connectivity index (χ1) is 15.4. The summed E-state index contributed by atoms with van der Waals surface area (Å²) in [5.74, 6) is 1.23. The van der Waals surface area contributed by atoms with Crippen LogP contribution in [0.25, 0.3) is 0 Å². The van der Waals surface area contributed by atoms with Crippen molar-refractivity contribution in [3.63, 3.8) is 0 Å². The van der Waals surface area contributed by atoms with Crippen molar-refractivity contribution in [1.29, 1.82) is 0 Å². The second-order valence-electron chi connectivity index (χ2n) is 8.25. The molecule has 0 aliphatic carbocycles. The number of ether oxygens (including phenoxy) is 1. The van der Waals surface area contributed by atoms with Crippen LogP contribution in [0.1, 0.15) is 49.3 Å². The van der Waals surface area contributed by atoms with Crippen LogP contribution < -0.4 is 9.64 Å². The van der Waals surface area contributed by atoms with E-state index in [1.165, 1.54) is 0 Å². The highest BCUT2D eigenvalue weighted by Gasteiger charge is 2.24. The van der Waals surface area contributed by atoms with Gasteiger partial charge in [0.15, 0.2) is 5.82 Å². The molecule has 1 aliphatic heterocycles. The van der Waals surface area contributed by atoms with Crippen molar-refractivity contribution in [2.45, 2.75) is 39.2 Å². The zero-order chi connectivity index (χ0) is 23.1. The lowest BCUT2D eigenvalue weighted by Crippen LogP contribution is -2.50. The lowest BCUT2D eigenvalue weighted by molar-refractivity contribution is 0.0240. The van der Waals surface area contributed by atoms with Crippen LogP contribution >= 0.6 is 0 Å². The topological polar surface area (TPSA) is 115 Å². The fourth-order valence-corrected chi connectivity index (χ4v) is 3.52. The number of benzene rings is 1. The van der Waals surface area contributed by atoms with Crippen LogP contribution in [0.2, 0.25) is 0 Å². The second-order valence-corrected chi connectivity index (χ2v) is 8.25. The first-order valence-corrected chi connectivity index (χ1v) is 11.0. The second kappa shape index (κ2) is 11.3. The fourth-order valence-electron chi connectivity index (χ4n) is 3.52. The van der Waals surface area contributed by atoms with Gasteiger partial charge in [-0.25, -0.2) is 0 Å². The van der Waals surface area contributed by atoms with Crippen molar-refractivity contribution in [2.75, 3.05) is 51.1 Å². The zero-order valence-electron chi connectivity index (χ0n) is 19.0. The molecule has 10 heteroatoms. The van der Waals surface area contributed by atoms with Crippen molar-refractivity contribution < 1.29 is 24.3 Å². The zero-order valence-corrected chi connectivity index (χ0v) is 19.0. The maximum atomic E-state index is 12.1. The minimum absolute atomic E-state index is 0.251. The number of aliphatic hydroxyl groups is 2. The molecule has 1 atom stereocenters. The van der Waals surface area contributed by atoms with E-state index in [0.717, 1.165) is 43.3 Å². The molecule has 0 radical (unpaired) electrons. The van der Waals surface area contributed by atoms with Crippen LogP contribution in [0, 0.1) is 0 Å². The van der Waals surface area contributed by atoms with Crippen LogP contribution in [-0.2, 0) is 0 Å². The van der Waals surface area contributed by atoms with Gasteiger partial charge in [-0.1, -0.05) is 19.0 Å². The lowest BCUT2D eigenvalue weighted by atomic mass is 10.1. The molecule has 1 aromatic carbocycles. The van der Waals surface area contributed by atoms with Crippen molar-refractivity contribution >= 4 is 11.9 Å². The molecule has 3 rings (SSSR count). The summed E-state index contributed by atoms with van der Waals surface area (Å²) in [4.78, 5) is 22.1. The number of rotatable bonds is 10. The highest BCUT2D eigenvalue weighted by Crippen LogP contribution is 2.19. The van der Waals surface area contributed by atoms with Crippen molar-refractivity contribution in [1.82, 2.24) is 19.9 Å². The van der Waals surface area contributed by atoms with Gasteiger partial charge >= 0.3 is 6.01 Å². The molecule has 1 aliphatic rings. The fraction of sp³-hybridized carbons (Fsp3) is 0.591. The number of nitrogens with zero attached hydrogens (tertiary/aromatic N) is 5. The average molecular weight is 448 g/mol. The molecule has 2 heterocycles. The minimum atomic E-state index is -0.534. The van der Waals surface area contributed by atoms with Crippen LogP contribution in [0.15, 0.2) is 28.8 Å². The predicted octanol–water partition coefficient (Wildman–Crippen LogP) is 1.51. The smallest absolute Gasteiger partial charge is 0.324 e. The van der Waals surface area contributed by atoms with Crippen molar-refractivity contribution in [3.8, 4) is 5.75 Å². The molecule has 1 saturated heterocycles. The monoisotopic (exact) mass is 447 g/mol. The molecule has 0 saturated carbocycles. The van der Waals surface area contributed by atoms with Gasteiger partial charge < -0.3 is 24.4 Å². The summed E-state index contributed by atoms with van der Waals surface area (Å²) < 4.78 is 11.2. The summed E-state index contributed by atoms with van der Waals surface area (Å²) in [7, 11) is 0. The number of hydrogen-bond donors (Lipinski definition) is 2. The number of carbonyl (C=O) groups excluding carboxylic acids is 1. The summed E-state index contributed by atoms with van der Waals surface area (Å²) in [5, 5.41) is 22.2. The van der Waals surface area contributed by atoms with E-state index in [-0.39, 0.29) is 5.92 Å². The molecular weight excluding hydrogens is 414 g/mol. The molecule has 1 unspecified atom stereocenters. The van der Waals surface area contributed by atoms with Gasteiger partial charge in [0.25, 0.3) is 5.91 Å². The van der Waals surface area contributed by atoms with Crippen LogP contribution in [-0.4, -0.2) is 88.4 Å².